The first-order chi connectivity index (χ1) is 10.1. The summed E-state index contributed by atoms with van der Waals surface area (Å²) in [5, 5.41) is 2.87. The number of carbonyl (C=O) groups excluding carboxylic acids is 1. The second-order valence-electron chi connectivity index (χ2n) is 5.00. The first-order valence-electron chi connectivity index (χ1n) is 6.99. The van der Waals surface area contributed by atoms with E-state index in [1.54, 1.807) is 12.1 Å². The van der Waals surface area contributed by atoms with Crippen molar-refractivity contribution in [3.63, 3.8) is 0 Å². The van der Waals surface area contributed by atoms with Crippen LogP contribution in [-0.4, -0.2) is 12.5 Å². The summed E-state index contributed by atoms with van der Waals surface area (Å²) >= 11 is 0. The average molecular weight is 286 g/mol. The molecule has 0 aromatic heterocycles. The summed E-state index contributed by atoms with van der Waals surface area (Å²) in [5.41, 5.74) is 8.40. The Morgan fingerprint density at radius 3 is 2.29 bits per heavy atom. The fourth-order valence-corrected chi connectivity index (χ4v) is 2.05. The number of rotatable bonds is 6. The van der Waals surface area contributed by atoms with Crippen molar-refractivity contribution in [1.82, 2.24) is 5.32 Å². The van der Waals surface area contributed by atoms with Crippen LogP contribution in [0.3, 0.4) is 0 Å². The number of hydrogen-bond donors (Lipinski definition) is 2. The lowest BCUT2D eigenvalue weighted by Crippen LogP contribution is -2.26. The quantitative estimate of drug-likeness (QED) is 0.633. The number of benzene rings is 2. The molecule has 0 fully saturated rings. The molecule has 0 aliphatic carbocycles. The molecule has 0 atom stereocenters. The van der Waals surface area contributed by atoms with Crippen LogP contribution in [0, 0.1) is 5.82 Å². The highest BCUT2D eigenvalue weighted by Gasteiger charge is 2.03. The monoisotopic (exact) mass is 286 g/mol. The van der Waals surface area contributed by atoms with E-state index in [1.807, 2.05) is 24.3 Å². The van der Waals surface area contributed by atoms with Crippen molar-refractivity contribution in [2.75, 3.05) is 12.3 Å². The average Bonchev–Trinajstić information content (AvgIpc) is 2.48. The van der Waals surface area contributed by atoms with Crippen LogP contribution in [0.2, 0.25) is 0 Å². The molecule has 0 unspecified atom stereocenters. The van der Waals surface area contributed by atoms with Crippen molar-refractivity contribution in [3.8, 4) is 0 Å². The summed E-state index contributed by atoms with van der Waals surface area (Å²) in [7, 11) is 0. The van der Waals surface area contributed by atoms with Crippen molar-refractivity contribution < 1.29 is 9.18 Å². The molecule has 3 N–H and O–H groups in total. The molecule has 2 aromatic rings. The molecule has 0 aliphatic rings. The Hall–Kier alpha value is -2.36. The van der Waals surface area contributed by atoms with E-state index in [1.165, 1.54) is 17.7 Å². The Labute approximate surface area is 124 Å². The zero-order valence-corrected chi connectivity index (χ0v) is 11.8. The summed E-state index contributed by atoms with van der Waals surface area (Å²) in [6, 6.07) is 13.7. The predicted molar refractivity (Wildman–Crippen MR) is 82.3 cm³/mol. The summed E-state index contributed by atoms with van der Waals surface area (Å²) in [6.45, 7) is 0.629. The first kappa shape index (κ1) is 15.0. The van der Waals surface area contributed by atoms with Crippen LogP contribution < -0.4 is 11.1 Å². The molecule has 2 rings (SSSR count). The Bertz CT molecular complexity index is 579. The fraction of sp³-hybridized carbons (Fsp3) is 0.235. The topological polar surface area (TPSA) is 55.1 Å². The smallest absolute Gasteiger partial charge is 0.224 e. The third-order valence-corrected chi connectivity index (χ3v) is 3.22. The van der Waals surface area contributed by atoms with E-state index in [0.717, 1.165) is 24.1 Å². The first-order valence-corrected chi connectivity index (χ1v) is 6.99. The maximum absolute atomic E-state index is 12.8. The number of nitrogens with two attached hydrogens (primary N) is 1. The van der Waals surface area contributed by atoms with E-state index >= 15 is 0 Å². The van der Waals surface area contributed by atoms with Crippen molar-refractivity contribution in [3.05, 3.63) is 65.5 Å². The third kappa shape index (κ3) is 5.26. The summed E-state index contributed by atoms with van der Waals surface area (Å²) < 4.78 is 12.8. The summed E-state index contributed by atoms with van der Waals surface area (Å²) in [6.07, 6.45) is 2.05. The van der Waals surface area contributed by atoms with Crippen LogP contribution in [0.5, 0.6) is 0 Å². The van der Waals surface area contributed by atoms with Crippen LogP contribution >= 0.6 is 0 Å². The number of carbonyl (C=O) groups is 1. The van der Waals surface area contributed by atoms with Gasteiger partial charge >= 0.3 is 0 Å². The second-order valence-corrected chi connectivity index (χ2v) is 5.00. The molecular formula is C17H19FN2O. The summed E-state index contributed by atoms with van der Waals surface area (Å²) in [4.78, 5) is 11.7. The number of nitrogen functional groups attached to an aromatic ring is 1. The van der Waals surface area contributed by atoms with Gasteiger partial charge in [0.15, 0.2) is 0 Å². The van der Waals surface area contributed by atoms with E-state index < -0.39 is 0 Å². The molecular weight excluding hydrogens is 267 g/mol. The number of halogens is 1. The van der Waals surface area contributed by atoms with E-state index in [0.29, 0.717) is 6.54 Å². The van der Waals surface area contributed by atoms with Gasteiger partial charge in [-0.2, -0.15) is 0 Å². The number of nitrogens with one attached hydrogen (secondary N) is 1. The molecule has 2 aromatic carbocycles. The Morgan fingerprint density at radius 1 is 1.00 bits per heavy atom. The molecule has 0 spiro atoms. The van der Waals surface area contributed by atoms with E-state index in [4.69, 9.17) is 5.73 Å². The zero-order chi connectivity index (χ0) is 15.1. The maximum atomic E-state index is 12.8. The molecule has 21 heavy (non-hydrogen) atoms. The van der Waals surface area contributed by atoms with E-state index in [9.17, 15) is 9.18 Å². The van der Waals surface area contributed by atoms with Gasteiger partial charge in [-0.05, 0) is 48.2 Å². The normalized spacial score (nSPS) is 10.3. The molecule has 4 heteroatoms. The van der Waals surface area contributed by atoms with Crippen LogP contribution in [0.1, 0.15) is 17.5 Å². The van der Waals surface area contributed by atoms with Gasteiger partial charge in [0, 0.05) is 12.2 Å². The van der Waals surface area contributed by atoms with E-state index in [2.05, 4.69) is 5.32 Å². The van der Waals surface area contributed by atoms with Gasteiger partial charge in [-0.15, -0.1) is 0 Å². The van der Waals surface area contributed by atoms with Gasteiger partial charge < -0.3 is 11.1 Å². The maximum Gasteiger partial charge on any atom is 0.224 e. The molecule has 1 amide bonds. The minimum atomic E-state index is -0.289. The summed E-state index contributed by atoms with van der Waals surface area (Å²) in [5.74, 6) is -0.332. The second kappa shape index (κ2) is 7.43. The van der Waals surface area contributed by atoms with Gasteiger partial charge in [0.2, 0.25) is 5.91 Å². The minimum Gasteiger partial charge on any atom is -0.399 e. The van der Waals surface area contributed by atoms with Gasteiger partial charge in [-0.1, -0.05) is 24.3 Å². The van der Waals surface area contributed by atoms with E-state index in [-0.39, 0.29) is 18.1 Å². The largest absolute Gasteiger partial charge is 0.399 e. The highest BCUT2D eigenvalue weighted by atomic mass is 19.1. The standard InChI is InChI=1S/C17H19FN2O/c18-15-7-3-14(4-8-15)12-17(21)20-11-1-2-13-5-9-16(19)10-6-13/h3-10H,1-2,11-12,19H2,(H,20,21). The van der Waals surface area contributed by atoms with Crippen molar-refractivity contribution in [2.24, 2.45) is 0 Å². The van der Waals surface area contributed by atoms with Crippen molar-refractivity contribution in [1.29, 1.82) is 0 Å². The third-order valence-electron chi connectivity index (χ3n) is 3.22. The molecule has 0 aliphatic heterocycles. The fourth-order valence-electron chi connectivity index (χ4n) is 2.05. The van der Waals surface area contributed by atoms with Gasteiger partial charge in [0.25, 0.3) is 0 Å². The molecule has 0 bridgehead atoms. The molecule has 0 saturated carbocycles. The highest BCUT2D eigenvalue weighted by molar-refractivity contribution is 5.78. The number of anilines is 1. The molecule has 0 heterocycles. The van der Waals surface area contributed by atoms with Crippen molar-refractivity contribution >= 4 is 11.6 Å². The number of amides is 1. The molecule has 0 radical (unpaired) electrons. The Kier molecular flexibility index (Phi) is 5.32. The van der Waals surface area contributed by atoms with Crippen LogP contribution in [0.15, 0.2) is 48.5 Å². The van der Waals surface area contributed by atoms with Gasteiger partial charge in [0.1, 0.15) is 5.82 Å². The SMILES string of the molecule is Nc1ccc(CCCNC(=O)Cc2ccc(F)cc2)cc1. The van der Waals surface area contributed by atoms with Crippen LogP contribution in [0.4, 0.5) is 10.1 Å². The minimum absolute atomic E-state index is 0.0427. The molecule has 0 saturated heterocycles. The Balaban J connectivity index is 1.67. The van der Waals surface area contributed by atoms with Crippen molar-refractivity contribution in [2.45, 2.75) is 19.3 Å². The lowest BCUT2D eigenvalue weighted by atomic mass is 10.1. The lowest BCUT2D eigenvalue weighted by molar-refractivity contribution is -0.120. The van der Waals surface area contributed by atoms with Gasteiger partial charge in [-0.25, -0.2) is 4.39 Å². The molecule has 110 valence electrons. The highest BCUT2D eigenvalue weighted by Crippen LogP contribution is 2.07. The number of hydrogen-bond acceptors (Lipinski definition) is 2. The predicted octanol–water partition coefficient (Wildman–Crippen LogP) is 2.70. The number of aryl methyl sites for hydroxylation is 1. The lowest BCUT2D eigenvalue weighted by Gasteiger charge is -2.06. The van der Waals surface area contributed by atoms with Gasteiger partial charge in [-0.3, -0.25) is 4.79 Å². The molecule has 3 nitrogen and oxygen atoms in total. The zero-order valence-electron chi connectivity index (χ0n) is 11.8. The van der Waals surface area contributed by atoms with Crippen LogP contribution in [0.25, 0.3) is 0 Å². The Morgan fingerprint density at radius 2 is 1.62 bits per heavy atom. The van der Waals surface area contributed by atoms with Gasteiger partial charge in [0.05, 0.1) is 6.42 Å². The van der Waals surface area contributed by atoms with Crippen LogP contribution in [-0.2, 0) is 17.6 Å².